The van der Waals surface area contributed by atoms with Crippen LogP contribution in [-0.2, 0) is 12.8 Å². The zero-order valence-electron chi connectivity index (χ0n) is 18.4. The molecule has 1 fully saturated rings. The monoisotopic (exact) mass is 447 g/mol. The number of amides is 1. The highest BCUT2D eigenvalue weighted by molar-refractivity contribution is 5.94. The third-order valence-electron chi connectivity index (χ3n) is 6.26. The molecule has 0 bridgehead atoms. The van der Waals surface area contributed by atoms with Crippen LogP contribution in [0.25, 0.3) is 0 Å². The Balaban J connectivity index is 1.36. The number of nitrogens with one attached hydrogen (secondary N) is 2. The third kappa shape index (κ3) is 4.66. The smallest absolute Gasteiger partial charge is 0.254 e. The highest BCUT2D eigenvalue weighted by Gasteiger charge is 2.26. The summed E-state index contributed by atoms with van der Waals surface area (Å²) < 4.78 is 40.4. The molecule has 1 amide bonds. The Bertz CT molecular complexity index is 1010. The lowest BCUT2D eigenvalue weighted by Gasteiger charge is -2.30. The lowest BCUT2D eigenvalue weighted by atomic mass is 9.91. The summed E-state index contributed by atoms with van der Waals surface area (Å²) in [5.41, 5.74) is 1.87. The average molecular weight is 448 g/mol. The molecular formula is C23H28F3N5O. The van der Waals surface area contributed by atoms with Crippen molar-refractivity contribution in [3.05, 3.63) is 46.4 Å². The van der Waals surface area contributed by atoms with E-state index in [-0.39, 0.29) is 12.1 Å². The predicted octanol–water partition coefficient (Wildman–Crippen LogP) is 3.99. The van der Waals surface area contributed by atoms with Gasteiger partial charge in [0.25, 0.3) is 5.91 Å². The van der Waals surface area contributed by atoms with Crippen LogP contribution in [0.1, 0.15) is 60.1 Å². The van der Waals surface area contributed by atoms with E-state index in [9.17, 15) is 18.0 Å². The molecule has 32 heavy (non-hydrogen) atoms. The predicted molar refractivity (Wildman–Crippen MR) is 116 cm³/mol. The van der Waals surface area contributed by atoms with Gasteiger partial charge < -0.3 is 15.5 Å². The van der Waals surface area contributed by atoms with Crippen LogP contribution in [0.15, 0.2) is 12.1 Å². The van der Waals surface area contributed by atoms with Gasteiger partial charge in [0.05, 0.1) is 11.3 Å². The molecule has 1 aromatic carbocycles. The first-order valence-corrected chi connectivity index (χ1v) is 11.1. The fraction of sp³-hybridized carbons (Fsp3) is 0.522. The molecule has 0 spiro atoms. The Morgan fingerprint density at radius 3 is 2.38 bits per heavy atom. The Morgan fingerprint density at radius 2 is 1.66 bits per heavy atom. The summed E-state index contributed by atoms with van der Waals surface area (Å²) in [5, 5.41) is 6.18. The number of fused-ring (bicyclic) bond motifs is 1. The molecular weight excluding hydrogens is 419 g/mol. The van der Waals surface area contributed by atoms with Crippen molar-refractivity contribution in [2.75, 3.05) is 24.3 Å². The fourth-order valence-electron chi connectivity index (χ4n) is 4.54. The summed E-state index contributed by atoms with van der Waals surface area (Å²) in [4.78, 5) is 23.8. The Hall–Kier alpha value is -2.84. The summed E-state index contributed by atoms with van der Waals surface area (Å²) in [6.45, 7) is 0. The van der Waals surface area contributed by atoms with Crippen LogP contribution in [0.5, 0.6) is 0 Å². The van der Waals surface area contributed by atoms with Crippen molar-refractivity contribution in [3.63, 3.8) is 0 Å². The van der Waals surface area contributed by atoms with E-state index in [0.717, 1.165) is 62.2 Å². The molecule has 9 heteroatoms. The van der Waals surface area contributed by atoms with Crippen LogP contribution in [0.2, 0.25) is 0 Å². The molecule has 2 aliphatic carbocycles. The molecule has 0 unspecified atom stereocenters. The molecule has 2 aromatic rings. The van der Waals surface area contributed by atoms with Gasteiger partial charge in [0.2, 0.25) is 5.95 Å². The van der Waals surface area contributed by atoms with E-state index >= 15 is 0 Å². The van der Waals surface area contributed by atoms with Crippen LogP contribution >= 0.6 is 0 Å². The molecule has 2 aliphatic rings. The third-order valence-corrected chi connectivity index (χ3v) is 6.26. The van der Waals surface area contributed by atoms with Gasteiger partial charge >= 0.3 is 0 Å². The minimum atomic E-state index is -1.63. The number of hydrogen-bond donors (Lipinski definition) is 2. The largest absolute Gasteiger partial charge is 0.362 e. The minimum absolute atomic E-state index is 0.158. The Labute approximate surface area is 185 Å². The van der Waals surface area contributed by atoms with Crippen molar-refractivity contribution in [1.82, 2.24) is 15.3 Å². The van der Waals surface area contributed by atoms with Crippen LogP contribution < -0.4 is 15.5 Å². The second kappa shape index (κ2) is 9.34. The number of carbonyl (C=O) groups excluding carboxylic acids is 1. The van der Waals surface area contributed by atoms with Crippen molar-refractivity contribution in [3.8, 4) is 0 Å². The molecule has 0 atom stereocenters. The van der Waals surface area contributed by atoms with E-state index in [4.69, 9.17) is 9.97 Å². The first-order chi connectivity index (χ1) is 15.3. The molecule has 0 aliphatic heterocycles. The van der Waals surface area contributed by atoms with E-state index in [0.29, 0.717) is 18.8 Å². The fourth-order valence-corrected chi connectivity index (χ4v) is 4.54. The number of nitrogens with zero attached hydrogens (tertiary/aromatic N) is 3. The van der Waals surface area contributed by atoms with Gasteiger partial charge in [-0.15, -0.1) is 0 Å². The Kier molecular flexibility index (Phi) is 6.53. The standard InChI is InChI=1S/C23H28F3N5O/c1-31(2)21-15-5-3-4-6-18(15)29-23(30-21)28-14-9-7-13(8-10-14)27-22(32)16-11-12-17(24)20(26)19(16)25/h11-14H,3-10H2,1-2H3,(H,27,32)(H,28,29,30). The van der Waals surface area contributed by atoms with Crippen LogP contribution in [0.4, 0.5) is 24.9 Å². The van der Waals surface area contributed by atoms with E-state index in [1.54, 1.807) is 0 Å². The highest BCUT2D eigenvalue weighted by Crippen LogP contribution is 2.29. The van der Waals surface area contributed by atoms with E-state index < -0.39 is 28.9 Å². The van der Waals surface area contributed by atoms with Gasteiger partial charge in [0, 0.05) is 31.7 Å². The van der Waals surface area contributed by atoms with Crippen molar-refractivity contribution in [1.29, 1.82) is 0 Å². The van der Waals surface area contributed by atoms with Gasteiger partial charge in [-0.3, -0.25) is 4.79 Å². The first-order valence-electron chi connectivity index (χ1n) is 11.1. The average Bonchev–Trinajstić information content (AvgIpc) is 2.78. The second-order valence-electron chi connectivity index (χ2n) is 8.79. The Morgan fingerprint density at radius 1 is 0.969 bits per heavy atom. The molecule has 0 saturated heterocycles. The number of hydrogen-bond acceptors (Lipinski definition) is 5. The lowest BCUT2D eigenvalue weighted by molar-refractivity contribution is 0.0921. The molecule has 2 N–H and O–H groups in total. The molecule has 172 valence electrons. The van der Waals surface area contributed by atoms with Gasteiger partial charge in [0.15, 0.2) is 17.5 Å². The number of rotatable bonds is 5. The van der Waals surface area contributed by atoms with Crippen molar-refractivity contribution in [2.24, 2.45) is 0 Å². The zero-order valence-corrected chi connectivity index (χ0v) is 18.4. The highest BCUT2D eigenvalue weighted by atomic mass is 19.2. The number of anilines is 2. The van der Waals surface area contributed by atoms with E-state index in [2.05, 4.69) is 10.6 Å². The maximum Gasteiger partial charge on any atom is 0.254 e. The summed E-state index contributed by atoms with van der Waals surface area (Å²) in [5.74, 6) is -3.54. The number of aromatic nitrogens is 2. The van der Waals surface area contributed by atoms with Crippen molar-refractivity contribution >= 4 is 17.7 Å². The molecule has 1 aromatic heterocycles. The summed E-state index contributed by atoms with van der Waals surface area (Å²) in [7, 11) is 3.98. The summed E-state index contributed by atoms with van der Waals surface area (Å²) >= 11 is 0. The summed E-state index contributed by atoms with van der Waals surface area (Å²) in [6.07, 6.45) is 7.19. The molecule has 6 nitrogen and oxygen atoms in total. The van der Waals surface area contributed by atoms with Crippen LogP contribution in [0.3, 0.4) is 0 Å². The van der Waals surface area contributed by atoms with Gasteiger partial charge in [-0.05, 0) is 63.5 Å². The lowest BCUT2D eigenvalue weighted by Crippen LogP contribution is -2.40. The van der Waals surface area contributed by atoms with Gasteiger partial charge in [-0.1, -0.05) is 0 Å². The number of aryl methyl sites for hydroxylation is 1. The van der Waals surface area contributed by atoms with Gasteiger partial charge in [-0.25, -0.2) is 18.2 Å². The van der Waals surface area contributed by atoms with Gasteiger partial charge in [0.1, 0.15) is 5.82 Å². The summed E-state index contributed by atoms with van der Waals surface area (Å²) in [6, 6.07) is 1.73. The SMILES string of the molecule is CN(C)c1nc(NC2CCC(NC(=O)c3ccc(F)c(F)c3F)CC2)nc2c1CCCC2. The number of carbonyl (C=O) groups is 1. The van der Waals surface area contributed by atoms with Gasteiger partial charge in [-0.2, -0.15) is 4.98 Å². The van der Waals surface area contributed by atoms with Crippen LogP contribution in [-0.4, -0.2) is 42.1 Å². The number of benzene rings is 1. The van der Waals surface area contributed by atoms with E-state index in [1.807, 2.05) is 19.0 Å². The quantitative estimate of drug-likeness (QED) is 0.679. The minimum Gasteiger partial charge on any atom is -0.362 e. The van der Waals surface area contributed by atoms with Crippen LogP contribution in [0, 0.1) is 17.5 Å². The first kappa shape index (κ1) is 22.4. The van der Waals surface area contributed by atoms with Crippen molar-refractivity contribution < 1.29 is 18.0 Å². The zero-order chi connectivity index (χ0) is 22.8. The maximum absolute atomic E-state index is 13.9. The topological polar surface area (TPSA) is 70.2 Å². The van der Waals surface area contributed by atoms with Crippen molar-refractivity contribution in [2.45, 2.75) is 63.5 Å². The normalized spacial score (nSPS) is 20.4. The molecule has 0 radical (unpaired) electrons. The maximum atomic E-state index is 13.9. The molecule has 1 heterocycles. The second-order valence-corrected chi connectivity index (χ2v) is 8.79. The molecule has 1 saturated carbocycles. The van der Waals surface area contributed by atoms with E-state index in [1.165, 1.54) is 5.56 Å². The number of halogens is 3. The molecule has 4 rings (SSSR count).